The molecule has 150 valence electrons. The second-order valence-electron chi connectivity index (χ2n) is 7.22. The quantitative estimate of drug-likeness (QED) is 0.726. The monoisotopic (exact) mass is 383 g/mol. The van der Waals surface area contributed by atoms with E-state index in [9.17, 15) is 0 Å². The van der Waals surface area contributed by atoms with Crippen molar-refractivity contribution in [3.05, 3.63) is 36.4 Å². The van der Waals surface area contributed by atoms with Crippen molar-refractivity contribution in [2.24, 2.45) is 0 Å². The number of benzene rings is 1. The Kier molecular flexibility index (Phi) is 6.70. The standard InChI is InChI=1S/C21H29N5O2/c1-2-5-17(6-3-1)19-15-20(22-8-9-26-10-13-27-14-11-26)25-21(24-19)23-16-18-7-4-12-28-18/h1-3,5-6,15,18H,4,7-14,16H2,(H2,22,23,24,25). The van der Waals surface area contributed by atoms with Gasteiger partial charge in [-0.3, -0.25) is 4.90 Å². The Morgan fingerprint density at radius 3 is 2.68 bits per heavy atom. The number of morpholine rings is 1. The van der Waals surface area contributed by atoms with Crippen molar-refractivity contribution < 1.29 is 9.47 Å². The van der Waals surface area contributed by atoms with Crippen molar-refractivity contribution in [2.45, 2.75) is 18.9 Å². The largest absolute Gasteiger partial charge is 0.379 e. The topological polar surface area (TPSA) is 71.5 Å². The zero-order valence-electron chi connectivity index (χ0n) is 16.3. The molecule has 1 unspecified atom stereocenters. The molecule has 2 saturated heterocycles. The normalized spacial score (nSPS) is 20.2. The van der Waals surface area contributed by atoms with Crippen molar-refractivity contribution in [1.29, 1.82) is 0 Å². The van der Waals surface area contributed by atoms with Crippen LogP contribution in [0.1, 0.15) is 12.8 Å². The fraction of sp³-hybridized carbons (Fsp3) is 0.524. The molecule has 7 heteroatoms. The van der Waals surface area contributed by atoms with Gasteiger partial charge in [-0.2, -0.15) is 4.98 Å². The molecular formula is C21H29N5O2. The first-order valence-electron chi connectivity index (χ1n) is 10.2. The Balaban J connectivity index is 1.43. The first-order chi connectivity index (χ1) is 13.9. The van der Waals surface area contributed by atoms with Crippen molar-refractivity contribution in [3.8, 4) is 11.3 Å². The summed E-state index contributed by atoms with van der Waals surface area (Å²) in [5, 5.41) is 6.83. The molecule has 0 spiro atoms. The van der Waals surface area contributed by atoms with Crippen LogP contribution in [0.2, 0.25) is 0 Å². The van der Waals surface area contributed by atoms with Gasteiger partial charge in [-0.1, -0.05) is 30.3 Å². The molecule has 2 aliphatic rings. The van der Waals surface area contributed by atoms with Crippen LogP contribution in [0.3, 0.4) is 0 Å². The van der Waals surface area contributed by atoms with Gasteiger partial charge in [0.1, 0.15) is 5.82 Å². The molecule has 0 radical (unpaired) electrons. The minimum atomic E-state index is 0.252. The van der Waals surface area contributed by atoms with Gasteiger partial charge in [0.25, 0.3) is 0 Å². The molecule has 0 amide bonds. The van der Waals surface area contributed by atoms with Crippen molar-refractivity contribution in [3.63, 3.8) is 0 Å². The molecule has 1 atom stereocenters. The second-order valence-corrected chi connectivity index (χ2v) is 7.22. The number of anilines is 2. The SMILES string of the molecule is c1ccc(-c2cc(NCCN3CCOCC3)nc(NCC3CCCO3)n2)cc1. The van der Waals surface area contributed by atoms with Crippen LogP contribution in [0.4, 0.5) is 11.8 Å². The maximum absolute atomic E-state index is 5.70. The van der Waals surface area contributed by atoms with Crippen molar-refractivity contribution >= 4 is 11.8 Å². The maximum Gasteiger partial charge on any atom is 0.225 e. The molecule has 2 N–H and O–H groups in total. The van der Waals surface area contributed by atoms with Gasteiger partial charge in [-0.25, -0.2) is 4.98 Å². The number of hydrogen-bond donors (Lipinski definition) is 2. The summed E-state index contributed by atoms with van der Waals surface area (Å²) >= 11 is 0. The van der Waals surface area contributed by atoms with Gasteiger partial charge < -0.3 is 20.1 Å². The van der Waals surface area contributed by atoms with Gasteiger partial charge in [0.05, 0.1) is 25.0 Å². The lowest BCUT2D eigenvalue weighted by atomic mass is 10.1. The third-order valence-electron chi connectivity index (χ3n) is 5.15. The van der Waals surface area contributed by atoms with Crippen LogP contribution < -0.4 is 10.6 Å². The molecule has 0 saturated carbocycles. The minimum Gasteiger partial charge on any atom is -0.379 e. The van der Waals surface area contributed by atoms with E-state index >= 15 is 0 Å². The van der Waals surface area contributed by atoms with Gasteiger partial charge in [-0.15, -0.1) is 0 Å². The fourth-order valence-electron chi connectivity index (χ4n) is 3.55. The van der Waals surface area contributed by atoms with E-state index in [4.69, 9.17) is 14.5 Å². The lowest BCUT2D eigenvalue weighted by molar-refractivity contribution is 0.0398. The van der Waals surface area contributed by atoms with Crippen LogP contribution in [-0.4, -0.2) is 73.5 Å². The number of hydrogen-bond acceptors (Lipinski definition) is 7. The molecule has 1 aromatic carbocycles. The Bertz CT molecular complexity index is 731. The van der Waals surface area contributed by atoms with E-state index in [1.54, 1.807) is 0 Å². The van der Waals surface area contributed by atoms with Gasteiger partial charge in [0.2, 0.25) is 5.95 Å². The van der Waals surface area contributed by atoms with Crippen LogP contribution in [0.15, 0.2) is 36.4 Å². The molecular weight excluding hydrogens is 354 g/mol. The zero-order valence-corrected chi connectivity index (χ0v) is 16.3. The highest BCUT2D eigenvalue weighted by Crippen LogP contribution is 2.22. The van der Waals surface area contributed by atoms with Crippen LogP contribution in [-0.2, 0) is 9.47 Å². The summed E-state index contributed by atoms with van der Waals surface area (Å²) in [5.41, 5.74) is 2.00. The predicted molar refractivity (Wildman–Crippen MR) is 111 cm³/mol. The van der Waals surface area contributed by atoms with Crippen LogP contribution in [0.5, 0.6) is 0 Å². The maximum atomic E-state index is 5.70. The molecule has 0 aliphatic carbocycles. The van der Waals surface area contributed by atoms with E-state index in [1.807, 2.05) is 24.3 Å². The van der Waals surface area contributed by atoms with E-state index in [-0.39, 0.29) is 6.10 Å². The highest BCUT2D eigenvalue weighted by atomic mass is 16.5. The summed E-state index contributed by atoms with van der Waals surface area (Å²) in [6.07, 6.45) is 2.48. The molecule has 3 heterocycles. The fourth-order valence-corrected chi connectivity index (χ4v) is 3.55. The molecule has 2 aromatic rings. The molecule has 2 fully saturated rings. The molecule has 0 bridgehead atoms. The van der Waals surface area contributed by atoms with Crippen molar-refractivity contribution in [2.75, 3.05) is 63.2 Å². The average molecular weight is 383 g/mol. The highest BCUT2D eigenvalue weighted by molar-refractivity contribution is 5.64. The summed E-state index contributed by atoms with van der Waals surface area (Å²) in [4.78, 5) is 11.8. The summed E-state index contributed by atoms with van der Waals surface area (Å²) < 4.78 is 11.1. The number of nitrogens with one attached hydrogen (secondary N) is 2. The number of aromatic nitrogens is 2. The van der Waals surface area contributed by atoms with Gasteiger partial charge in [0.15, 0.2) is 0 Å². The molecule has 2 aliphatic heterocycles. The summed E-state index contributed by atoms with van der Waals surface area (Å²) in [7, 11) is 0. The molecule has 7 nitrogen and oxygen atoms in total. The van der Waals surface area contributed by atoms with E-state index in [0.29, 0.717) is 5.95 Å². The summed E-state index contributed by atoms with van der Waals surface area (Å²) in [6, 6.07) is 12.2. The Morgan fingerprint density at radius 2 is 1.89 bits per heavy atom. The van der Waals surface area contributed by atoms with Crippen molar-refractivity contribution in [1.82, 2.24) is 14.9 Å². The van der Waals surface area contributed by atoms with E-state index < -0.39 is 0 Å². The lowest BCUT2D eigenvalue weighted by Gasteiger charge is -2.26. The summed E-state index contributed by atoms with van der Waals surface area (Å²) in [5.74, 6) is 1.49. The molecule has 4 rings (SSSR count). The average Bonchev–Trinajstić information content (AvgIpc) is 3.27. The first kappa shape index (κ1) is 19.1. The second kappa shape index (κ2) is 9.82. The van der Waals surface area contributed by atoms with Gasteiger partial charge in [0, 0.05) is 51.0 Å². The Hall–Kier alpha value is -2.22. The van der Waals surface area contributed by atoms with E-state index in [0.717, 1.165) is 82.5 Å². The third-order valence-corrected chi connectivity index (χ3v) is 5.15. The zero-order chi connectivity index (χ0) is 19.0. The van der Waals surface area contributed by atoms with E-state index in [2.05, 4.69) is 32.7 Å². The Labute approximate surface area is 166 Å². The molecule has 1 aromatic heterocycles. The first-order valence-corrected chi connectivity index (χ1v) is 10.2. The smallest absolute Gasteiger partial charge is 0.225 e. The number of nitrogens with zero attached hydrogens (tertiary/aromatic N) is 3. The number of ether oxygens (including phenoxy) is 2. The lowest BCUT2D eigenvalue weighted by Crippen LogP contribution is -2.39. The van der Waals surface area contributed by atoms with Crippen LogP contribution >= 0.6 is 0 Å². The molecule has 28 heavy (non-hydrogen) atoms. The third kappa shape index (κ3) is 5.41. The predicted octanol–water partition coefficient (Wildman–Crippen LogP) is 2.48. The Morgan fingerprint density at radius 1 is 1.04 bits per heavy atom. The van der Waals surface area contributed by atoms with E-state index in [1.165, 1.54) is 0 Å². The van der Waals surface area contributed by atoms with Gasteiger partial charge >= 0.3 is 0 Å². The number of rotatable bonds is 8. The summed E-state index contributed by atoms with van der Waals surface area (Å²) in [6.45, 7) is 7.05. The van der Waals surface area contributed by atoms with Crippen LogP contribution in [0, 0.1) is 0 Å². The van der Waals surface area contributed by atoms with Gasteiger partial charge in [-0.05, 0) is 12.8 Å². The minimum absolute atomic E-state index is 0.252. The van der Waals surface area contributed by atoms with Crippen LogP contribution in [0.25, 0.3) is 11.3 Å². The highest BCUT2D eigenvalue weighted by Gasteiger charge is 2.16.